The maximum atomic E-state index is 12.6. The smallest absolute Gasteiger partial charge is 0.350 e. The third-order valence-electron chi connectivity index (χ3n) is 5.75. The van der Waals surface area contributed by atoms with Crippen LogP contribution in [0.15, 0.2) is 12.1 Å². The molecule has 0 unspecified atom stereocenters. The Kier molecular flexibility index (Phi) is 5.78. The average molecular weight is 372 g/mol. The van der Waals surface area contributed by atoms with Gasteiger partial charge in [-0.1, -0.05) is 38.2 Å². The number of rotatable bonds is 5. The van der Waals surface area contributed by atoms with Gasteiger partial charge >= 0.3 is 5.96 Å². The zero-order chi connectivity index (χ0) is 19.6. The molecule has 1 aromatic rings. The summed E-state index contributed by atoms with van der Waals surface area (Å²) in [5.74, 6) is 1.26. The van der Waals surface area contributed by atoms with Crippen molar-refractivity contribution in [2.45, 2.75) is 51.9 Å². The first kappa shape index (κ1) is 19.7. The van der Waals surface area contributed by atoms with E-state index in [4.69, 9.17) is 0 Å². The highest BCUT2D eigenvalue weighted by Gasteiger charge is 2.34. The molecule has 0 aliphatic carbocycles. The summed E-state index contributed by atoms with van der Waals surface area (Å²) in [5.41, 5.74) is 2.06. The number of aldehydes is 1. The first-order valence-corrected chi connectivity index (χ1v) is 10.2. The minimum absolute atomic E-state index is 0.0752. The van der Waals surface area contributed by atoms with Crippen LogP contribution in [0.25, 0.3) is 0 Å². The van der Waals surface area contributed by atoms with Gasteiger partial charge in [0.15, 0.2) is 0 Å². The summed E-state index contributed by atoms with van der Waals surface area (Å²) in [4.78, 5) is 16.3. The van der Waals surface area contributed by atoms with Crippen molar-refractivity contribution in [2.24, 2.45) is 0 Å². The molecule has 3 rings (SSSR count). The molecular weight excluding hydrogens is 338 g/mol. The van der Waals surface area contributed by atoms with Crippen molar-refractivity contribution in [1.82, 2.24) is 9.80 Å². The quantitative estimate of drug-likeness (QED) is 0.588. The Bertz CT molecular complexity index is 734. The Morgan fingerprint density at radius 1 is 1.19 bits per heavy atom. The fraction of sp³-hybridized carbons (Fsp3) is 0.636. The van der Waals surface area contributed by atoms with Gasteiger partial charge in [0.05, 0.1) is 39.8 Å². The number of hydrogen-bond donors (Lipinski definition) is 0. The molecule has 1 saturated heterocycles. The molecule has 1 aromatic carbocycles. The zero-order valence-corrected chi connectivity index (χ0v) is 17.3. The normalized spacial score (nSPS) is 17.9. The van der Waals surface area contributed by atoms with E-state index in [0.717, 1.165) is 56.7 Å². The van der Waals surface area contributed by atoms with Crippen molar-refractivity contribution in [3.05, 3.63) is 28.8 Å². The first-order chi connectivity index (χ1) is 12.8. The van der Waals surface area contributed by atoms with Gasteiger partial charge in [0.1, 0.15) is 6.29 Å². The van der Waals surface area contributed by atoms with Gasteiger partial charge in [0.25, 0.3) is 0 Å². The molecular formula is C22H33N3O2. The van der Waals surface area contributed by atoms with Crippen LogP contribution >= 0.6 is 0 Å². The zero-order valence-electron chi connectivity index (χ0n) is 17.3. The number of aryl methyl sites for hydroxylation is 1. The summed E-state index contributed by atoms with van der Waals surface area (Å²) in [6, 6.07) is 3.77. The molecule has 1 fully saturated rings. The van der Waals surface area contributed by atoms with Gasteiger partial charge in [0.2, 0.25) is 0 Å². The van der Waals surface area contributed by atoms with Gasteiger partial charge in [-0.2, -0.15) is 0 Å². The van der Waals surface area contributed by atoms with Crippen LogP contribution in [-0.4, -0.2) is 66.4 Å². The second kappa shape index (κ2) is 7.91. The lowest BCUT2D eigenvalue weighted by Gasteiger charge is -2.36. The second-order valence-electron chi connectivity index (χ2n) is 8.93. The van der Waals surface area contributed by atoms with Crippen LogP contribution < -0.4 is 5.11 Å². The van der Waals surface area contributed by atoms with Gasteiger partial charge < -0.3 is 5.11 Å². The highest BCUT2D eigenvalue weighted by Crippen LogP contribution is 2.29. The number of guanidine groups is 1. The molecule has 2 aliphatic heterocycles. The lowest BCUT2D eigenvalue weighted by molar-refractivity contribution is -0.515. The van der Waals surface area contributed by atoms with E-state index in [1.807, 2.05) is 6.07 Å². The van der Waals surface area contributed by atoms with Gasteiger partial charge in [0, 0.05) is 18.4 Å². The summed E-state index contributed by atoms with van der Waals surface area (Å²) >= 11 is 0. The summed E-state index contributed by atoms with van der Waals surface area (Å²) < 4.78 is 2.37. The molecule has 2 heterocycles. The fourth-order valence-corrected chi connectivity index (χ4v) is 4.24. The largest absolute Gasteiger partial charge is 0.872 e. The van der Waals surface area contributed by atoms with Crippen molar-refractivity contribution >= 4 is 12.2 Å². The SMILES string of the molecule is C[N+]1=C2N(CCCc3cc(C(C)(C)C)cc(C=O)c3[O-])CCCN2CCC1. The number of fused-ring (bicyclic) bond motifs is 1. The first-order valence-electron chi connectivity index (χ1n) is 10.2. The van der Waals surface area contributed by atoms with Gasteiger partial charge in [-0.25, -0.2) is 0 Å². The molecule has 148 valence electrons. The Hall–Kier alpha value is -2.04. The van der Waals surface area contributed by atoms with Crippen LogP contribution in [0, 0.1) is 0 Å². The molecule has 0 atom stereocenters. The summed E-state index contributed by atoms with van der Waals surface area (Å²) in [6.45, 7) is 11.8. The molecule has 0 spiro atoms. The number of nitrogens with zero attached hydrogens (tertiary/aromatic N) is 3. The van der Waals surface area contributed by atoms with Crippen molar-refractivity contribution in [1.29, 1.82) is 0 Å². The van der Waals surface area contributed by atoms with Crippen LogP contribution in [0.3, 0.4) is 0 Å². The van der Waals surface area contributed by atoms with Crippen LogP contribution in [0.2, 0.25) is 0 Å². The lowest BCUT2D eigenvalue weighted by atomic mass is 9.84. The number of carbonyl (C=O) groups is 1. The Morgan fingerprint density at radius 2 is 1.93 bits per heavy atom. The third kappa shape index (κ3) is 4.28. The number of hydrogen-bond acceptors (Lipinski definition) is 4. The Morgan fingerprint density at radius 3 is 2.63 bits per heavy atom. The molecule has 0 aromatic heterocycles. The van der Waals surface area contributed by atoms with E-state index >= 15 is 0 Å². The van der Waals surface area contributed by atoms with E-state index in [9.17, 15) is 9.90 Å². The van der Waals surface area contributed by atoms with Crippen molar-refractivity contribution in [2.75, 3.05) is 39.8 Å². The van der Waals surface area contributed by atoms with E-state index in [1.165, 1.54) is 18.8 Å². The third-order valence-corrected chi connectivity index (χ3v) is 5.75. The molecule has 5 nitrogen and oxygen atoms in total. The molecule has 0 amide bonds. The second-order valence-corrected chi connectivity index (χ2v) is 8.93. The number of carbonyl (C=O) groups excluding carboxylic acids is 1. The standard InChI is InChI=1S/C22H33N3O2/c1-22(2,3)19-14-17(20(27)18(15-19)16-26)8-5-10-24-12-7-13-25-11-6-9-23(4)21(24)25/h14-16H,5-13H2,1-4H3. The Balaban J connectivity index is 1.72. The van der Waals surface area contributed by atoms with E-state index in [0.29, 0.717) is 11.8 Å². The molecule has 27 heavy (non-hydrogen) atoms. The summed E-state index contributed by atoms with van der Waals surface area (Å²) in [5, 5.41) is 12.6. The maximum absolute atomic E-state index is 12.6. The monoisotopic (exact) mass is 371 g/mol. The highest BCUT2D eigenvalue weighted by atomic mass is 16.3. The Labute approximate surface area is 163 Å². The molecule has 0 N–H and O–H groups in total. The van der Waals surface area contributed by atoms with Gasteiger partial charge in [-0.3, -0.25) is 19.2 Å². The minimum atomic E-state index is -0.0966. The van der Waals surface area contributed by atoms with E-state index in [-0.39, 0.29) is 11.2 Å². The molecule has 0 saturated carbocycles. The van der Waals surface area contributed by atoms with Crippen LogP contribution in [0.1, 0.15) is 61.5 Å². The molecule has 2 aliphatic rings. The van der Waals surface area contributed by atoms with Crippen LogP contribution in [0.5, 0.6) is 5.75 Å². The van der Waals surface area contributed by atoms with Gasteiger partial charge in [-0.15, -0.1) is 0 Å². The molecule has 0 bridgehead atoms. The summed E-state index contributed by atoms with van der Waals surface area (Å²) in [7, 11) is 2.18. The minimum Gasteiger partial charge on any atom is -0.872 e. The average Bonchev–Trinajstić information content (AvgIpc) is 2.62. The van der Waals surface area contributed by atoms with E-state index in [1.54, 1.807) is 6.07 Å². The summed E-state index contributed by atoms with van der Waals surface area (Å²) in [6.07, 6.45) is 4.76. The van der Waals surface area contributed by atoms with Crippen molar-refractivity contribution in [3.63, 3.8) is 0 Å². The molecule has 5 heteroatoms. The fourth-order valence-electron chi connectivity index (χ4n) is 4.24. The number of benzene rings is 1. The van der Waals surface area contributed by atoms with Crippen LogP contribution in [-0.2, 0) is 11.8 Å². The topological polar surface area (TPSA) is 49.6 Å². The van der Waals surface area contributed by atoms with Crippen LogP contribution in [0.4, 0.5) is 0 Å². The van der Waals surface area contributed by atoms with Gasteiger partial charge in [-0.05, 0) is 29.9 Å². The van der Waals surface area contributed by atoms with Crippen molar-refractivity contribution in [3.8, 4) is 5.75 Å². The van der Waals surface area contributed by atoms with Crippen molar-refractivity contribution < 1.29 is 14.5 Å². The predicted octanol–water partition coefficient (Wildman–Crippen LogP) is 2.21. The van der Waals surface area contributed by atoms with E-state index in [2.05, 4.69) is 42.2 Å². The van der Waals surface area contributed by atoms with E-state index < -0.39 is 0 Å². The maximum Gasteiger partial charge on any atom is 0.350 e. The molecule has 0 radical (unpaired) electrons. The highest BCUT2D eigenvalue weighted by molar-refractivity contribution is 5.80. The lowest BCUT2D eigenvalue weighted by Crippen LogP contribution is -2.57. The predicted molar refractivity (Wildman–Crippen MR) is 107 cm³/mol.